The Morgan fingerprint density at radius 3 is 2.72 bits per heavy atom. The summed E-state index contributed by atoms with van der Waals surface area (Å²) in [5.41, 5.74) is 1.95. The third kappa shape index (κ3) is 3.67. The minimum absolute atomic E-state index is 0.0186. The minimum atomic E-state index is -0.0186. The van der Waals surface area contributed by atoms with Crippen LogP contribution in [-0.4, -0.2) is 36.2 Å². The van der Waals surface area contributed by atoms with E-state index in [0.717, 1.165) is 11.3 Å². The number of piperidine rings is 1. The molecular weight excluding hydrogens is 228 g/mol. The van der Waals surface area contributed by atoms with E-state index in [0.29, 0.717) is 38.3 Å². The highest BCUT2D eigenvalue weighted by atomic mass is 16.2. The molecule has 1 amide bonds. The van der Waals surface area contributed by atoms with E-state index in [-0.39, 0.29) is 5.91 Å². The summed E-state index contributed by atoms with van der Waals surface area (Å²) >= 11 is 0. The summed E-state index contributed by atoms with van der Waals surface area (Å²) in [7, 11) is 0. The lowest BCUT2D eigenvalue weighted by Gasteiger charge is -2.24. The molecule has 1 aromatic rings. The summed E-state index contributed by atoms with van der Waals surface area (Å²) in [6.07, 6.45) is 1.13. The Kier molecular flexibility index (Phi) is 4.10. The third-order valence-electron chi connectivity index (χ3n) is 3.08. The second-order valence-electron chi connectivity index (χ2n) is 4.73. The number of ketones is 1. The van der Waals surface area contributed by atoms with Crippen LogP contribution in [0.25, 0.3) is 0 Å². The average molecular weight is 246 g/mol. The molecule has 4 heteroatoms. The maximum absolute atomic E-state index is 11.8. The van der Waals surface area contributed by atoms with Crippen LogP contribution in [0.1, 0.15) is 18.4 Å². The number of amides is 1. The maximum Gasteiger partial charge on any atom is 0.238 e. The van der Waals surface area contributed by atoms with Gasteiger partial charge in [-0.1, -0.05) is 12.1 Å². The average Bonchev–Trinajstić information content (AvgIpc) is 2.32. The molecule has 0 atom stereocenters. The summed E-state index contributed by atoms with van der Waals surface area (Å²) in [5, 5.41) is 2.88. The van der Waals surface area contributed by atoms with Gasteiger partial charge in [-0.3, -0.25) is 14.5 Å². The number of carbonyl (C=O) groups is 2. The zero-order valence-electron chi connectivity index (χ0n) is 10.6. The number of aryl methyl sites for hydroxylation is 1. The molecule has 0 unspecified atom stereocenters. The second-order valence-corrected chi connectivity index (χ2v) is 4.73. The van der Waals surface area contributed by atoms with E-state index < -0.39 is 0 Å². The number of rotatable bonds is 3. The number of anilines is 1. The molecule has 96 valence electrons. The molecule has 4 nitrogen and oxygen atoms in total. The van der Waals surface area contributed by atoms with Crippen molar-refractivity contribution >= 4 is 17.4 Å². The molecule has 2 rings (SSSR count). The first-order valence-electron chi connectivity index (χ1n) is 6.24. The summed E-state index contributed by atoms with van der Waals surface area (Å²) < 4.78 is 0. The Balaban J connectivity index is 1.83. The first-order chi connectivity index (χ1) is 8.63. The van der Waals surface area contributed by atoms with Gasteiger partial charge in [0.05, 0.1) is 6.54 Å². The van der Waals surface area contributed by atoms with E-state index in [1.807, 2.05) is 36.1 Å². The Morgan fingerprint density at radius 1 is 1.33 bits per heavy atom. The van der Waals surface area contributed by atoms with Gasteiger partial charge in [0.2, 0.25) is 5.91 Å². The first-order valence-corrected chi connectivity index (χ1v) is 6.24. The molecule has 0 aromatic heterocycles. The van der Waals surface area contributed by atoms with Crippen molar-refractivity contribution in [3.63, 3.8) is 0 Å². The minimum Gasteiger partial charge on any atom is -0.325 e. The number of likely N-dealkylation sites (tertiary alicyclic amines) is 1. The van der Waals surface area contributed by atoms with Gasteiger partial charge in [-0.05, 0) is 24.6 Å². The summed E-state index contributed by atoms with van der Waals surface area (Å²) in [6.45, 7) is 3.74. The van der Waals surface area contributed by atoms with Crippen LogP contribution < -0.4 is 5.32 Å². The molecule has 0 radical (unpaired) electrons. The lowest BCUT2D eigenvalue weighted by atomic mass is 10.1. The van der Waals surface area contributed by atoms with Crippen molar-refractivity contribution in [2.24, 2.45) is 0 Å². The Bertz CT molecular complexity index is 447. The molecule has 1 saturated heterocycles. The van der Waals surface area contributed by atoms with Gasteiger partial charge in [0, 0.05) is 31.6 Å². The molecule has 1 heterocycles. The van der Waals surface area contributed by atoms with Crippen molar-refractivity contribution in [1.82, 2.24) is 4.90 Å². The highest BCUT2D eigenvalue weighted by Gasteiger charge is 2.18. The Morgan fingerprint density at radius 2 is 2.06 bits per heavy atom. The van der Waals surface area contributed by atoms with E-state index in [1.165, 1.54) is 0 Å². The van der Waals surface area contributed by atoms with Crippen molar-refractivity contribution in [1.29, 1.82) is 0 Å². The molecule has 0 saturated carbocycles. The zero-order chi connectivity index (χ0) is 13.0. The van der Waals surface area contributed by atoms with Crippen LogP contribution in [0.3, 0.4) is 0 Å². The van der Waals surface area contributed by atoms with Gasteiger partial charge in [-0.15, -0.1) is 0 Å². The van der Waals surface area contributed by atoms with Crippen molar-refractivity contribution in [3.05, 3.63) is 29.8 Å². The molecule has 1 aliphatic rings. The van der Waals surface area contributed by atoms with Crippen molar-refractivity contribution < 1.29 is 9.59 Å². The van der Waals surface area contributed by atoms with Gasteiger partial charge in [-0.25, -0.2) is 0 Å². The van der Waals surface area contributed by atoms with Gasteiger partial charge in [0.25, 0.3) is 0 Å². The van der Waals surface area contributed by atoms with Crippen molar-refractivity contribution in [3.8, 4) is 0 Å². The van der Waals surface area contributed by atoms with E-state index in [4.69, 9.17) is 0 Å². The number of nitrogens with one attached hydrogen (secondary N) is 1. The van der Waals surface area contributed by atoms with Crippen LogP contribution in [0.4, 0.5) is 5.69 Å². The summed E-state index contributed by atoms with van der Waals surface area (Å²) in [4.78, 5) is 25.0. The molecule has 1 fully saturated rings. The number of Topliss-reactive ketones (excluding diaryl/α,β-unsaturated/α-hetero) is 1. The fourth-order valence-corrected chi connectivity index (χ4v) is 2.09. The Labute approximate surface area is 107 Å². The predicted octanol–water partition coefficient (Wildman–Crippen LogP) is 1.60. The molecule has 18 heavy (non-hydrogen) atoms. The van der Waals surface area contributed by atoms with Gasteiger partial charge < -0.3 is 5.32 Å². The quantitative estimate of drug-likeness (QED) is 0.881. The molecule has 0 spiro atoms. The van der Waals surface area contributed by atoms with E-state index in [1.54, 1.807) is 0 Å². The standard InChI is InChI=1S/C14H18N2O2/c1-11-3-2-4-12(9-11)15-14(18)10-16-7-5-13(17)6-8-16/h2-4,9H,5-8,10H2,1H3,(H,15,18). The molecule has 1 N–H and O–H groups in total. The molecule has 0 bridgehead atoms. The van der Waals surface area contributed by atoms with E-state index in [9.17, 15) is 9.59 Å². The number of carbonyl (C=O) groups excluding carboxylic acids is 2. The van der Waals surface area contributed by atoms with Crippen molar-refractivity contribution in [2.45, 2.75) is 19.8 Å². The van der Waals surface area contributed by atoms with E-state index in [2.05, 4.69) is 5.32 Å². The molecule has 1 aliphatic heterocycles. The normalized spacial score (nSPS) is 16.6. The highest BCUT2D eigenvalue weighted by molar-refractivity contribution is 5.92. The lowest BCUT2D eigenvalue weighted by molar-refractivity contribution is -0.124. The van der Waals surface area contributed by atoms with Gasteiger partial charge in [0.1, 0.15) is 5.78 Å². The van der Waals surface area contributed by atoms with Crippen LogP contribution >= 0.6 is 0 Å². The number of hydrogen-bond acceptors (Lipinski definition) is 3. The fraction of sp³-hybridized carbons (Fsp3) is 0.429. The maximum atomic E-state index is 11.8. The smallest absolute Gasteiger partial charge is 0.238 e. The largest absolute Gasteiger partial charge is 0.325 e. The molecular formula is C14H18N2O2. The summed E-state index contributed by atoms with van der Waals surface area (Å²) in [6, 6.07) is 7.73. The van der Waals surface area contributed by atoms with Gasteiger partial charge in [0.15, 0.2) is 0 Å². The van der Waals surface area contributed by atoms with Gasteiger partial charge in [-0.2, -0.15) is 0 Å². The predicted molar refractivity (Wildman–Crippen MR) is 70.5 cm³/mol. The third-order valence-corrected chi connectivity index (χ3v) is 3.08. The number of benzene rings is 1. The number of nitrogens with zero attached hydrogens (tertiary/aromatic N) is 1. The van der Waals surface area contributed by atoms with Crippen LogP contribution in [0.15, 0.2) is 24.3 Å². The van der Waals surface area contributed by atoms with Crippen LogP contribution in [-0.2, 0) is 9.59 Å². The highest BCUT2D eigenvalue weighted by Crippen LogP contribution is 2.10. The molecule has 1 aromatic carbocycles. The van der Waals surface area contributed by atoms with Crippen LogP contribution in [0, 0.1) is 6.92 Å². The topological polar surface area (TPSA) is 49.4 Å². The first kappa shape index (κ1) is 12.8. The van der Waals surface area contributed by atoms with Crippen molar-refractivity contribution in [2.75, 3.05) is 25.0 Å². The summed E-state index contributed by atoms with van der Waals surface area (Å²) in [5.74, 6) is 0.278. The fourth-order valence-electron chi connectivity index (χ4n) is 2.09. The van der Waals surface area contributed by atoms with E-state index >= 15 is 0 Å². The lowest BCUT2D eigenvalue weighted by Crippen LogP contribution is -2.39. The SMILES string of the molecule is Cc1cccc(NC(=O)CN2CCC(=O)CC2)c1. The second kappa shape index (κ2) is 5.78. The number of hydrogen-bond donors (Lipinski definition) is 1. The van der Waals surface area contributed by atoms with Crippen LogP contribution in [0.2, 0.25) is 0 Å². The zero-order valence-corrected chi connectivity index (χ0v) is 10.6. The molecule has 0 aliphatic carbocycles. The monoisotopic (exact) mass is 246 g/mol. The van der Waals surface area contributed by atoms with Crippen LogP contribution in [0.5, 0.6) is 0 Å². The Hall–Kier alpha value is -1.68. The van der Waals surface area contributed by atoms with Gasteiger partial charge >= 0.3 is 0 Å².